The van der Waals surface area contributed by atoms with Gasteiger partial charge in [0.1, 0.15) is 0 Å². The molecule has 0 amide bonds. The molecule has 1 heterocycles. The molecule has 1 aromatic carbocycles. The van der Waals surface area contributed by atoms with Crippen molar-refractivity contribution >= 4 is 0 Å². The highest BCUT2D eigenvalue weighted by Crippen LogP contribution is 2.30. The number of hydrogen-bond donors (Lipinski definition) is 1. The first-order valence-corrected chi connectivity index (χ1v) is 6.01. The Bertz CT molecular complexity index is 383. The summed E-state index contributed by atoms with van der Waals surface area (Å²) >= 11 is 0. The number of nitrogens with zero attached hydrogens (tertiary/aromatic N) is 1. The molecule has 2 N–H and O–H groups in total. The van der Waals surface area contributed by atoms with Gasteiger partial charge in [-0.3, -0.25) is 4.90 Å². The lowest BCUT2D eigenvalue weighted by Gasteiger charge is -2.30. The highest BCUT2D eigenvalue weighted by molar-refractivity contribution is 5.24. The maximum absolute atomic E-state index is 13.8. The Morgan fingerprint density at radius 3 is 2.82 bits per heavy atom. The van der Waals surface area contributed by atoms with Gasteiger partial charge in [0, 0.05) is 11.6 Å². The van der Waals surface area contributed by atoms with Crippen molar-refractivity contribution in [2.24, 2.45) is 5.73 Å². The molecule has 2 nitrogen and oxygen atoms in total. The van der Waals surface area contributed by atoms with Gasteiger partial charge in [0.2, 0.25) is 0 Å². The van der Waals surface area contributed by atoms with E-state index < -0.39 is 11.6 Å². The van der Waals surface area contributed by atoms with Crippen molar-refractivity contribution < 1.29 is 8.78 Å². The van der Waals surface area contributed by atoms with Crippen LogP contribution in [0, 0.1) is 11.6 Å². The second kappa shape index (κ2) is 5.10. The molecule has 0 spiro atoms. The lowest BCUT2D eigenvalue weighted by molar-refractivity contribution is 0.223. The van der Waals surface area contributed by atoms with Crippen LogP contribution in [-0.4, -0.2) is 24.5 Å². The molecule has 0 bridgehead atoms. The van der Waals surface area contributed by atoms with Gasteiger partial charge >= 0.3 is 0 Å². The average Bonchev–Trinajstić information content (AvgIpc) is 2.45. The van der Waals surface area contributed by atoms with Crippen LogP contribution in [0.15, 0.2) is 18.2 Å². The number of likely N-dealkylation sites (tertiary alicyclic amines) is 1. The van der Waals surface area contributed by atoms with E-state index in [0.717, 1.165) is 31.9 Å². The summed E-state index contributed by atoms with van der Waals surface area (Å²) in [6.07, 6.45) is 2.95. The van der Waals surface area contributed by atoms with Crippen molar-refractivity contribution in [3.05, 3.63) is 35.4 Å². The lowest BCUT2D eigenvalue weighted by Crippen LogP contribution is -2.38. The zero-order chi connectivity index (χ0) is 12.4. The van der Waals surface area contributed by atoms with Crippen molar-refractivity contribution in [2.75, 3.05) is 13.6 Å². The third-order valence-electron chi connectivity index (χ3n) is 3.48. The molecule has 4 heteroatoms. The van der Waals surface area contributed by atoms with Gasteiger partial charge < -0.3 is 5.73 Å². The fourth-order valence-electron chi connectivity index (χ4n) is 2.58. The zero-order valence-corrected chi connectivity index (χ0v) is 10.00. The van der Waals surface area contributed by atoms with E-state index in [9.17, 15) is 8.78 Å². The first-order chi connectivity index (χ1) is 8.11. The summed E-state index contributed by atoms with van der Waals surface area (Å²) in [7, 11) is 1.92. The predicted octanol–water partition coefficient (Wildman–Crippen LogP) is 2.45. The summed E-state index contributed by atoms with van der Waals surface area (Å²) in [5, 5.41) is 0. The Kier molecular flexibility index (Phi) is 3.74. The maximum Gasteiger partial charge on any atom is 0.163 e. The molecule has 1 saturated heterocycles. The number of benzene rings is 1. The highest BCUT2D eigenvalue weighted by Gasteiger charge is 2.29. The van der Waals surface area contributed by atoms with Crippen molar-refractivity contribution in [3.8, 4) is 0 Å². The summed E-state index contributed by atoms with van der Waals surface area (Å²) in [5.41, 5.74) is 6.47. The fraction of sp³-hybridized carbons (Fsp3) is 0.538. The Morgan fingerprint density at radius 1 is 1.29 bits per heavy atom. The van der Waals surface area contributed by atoms with Crippen molar-refractivity contribution in [1.29, 1.82) is 0 Å². The fourth-order valence-corrected chi connectivity index (χ4v) is 2.58. The van der Waals surface area contributed by atoms with Gasteiger partial charge in [-0.2, -0.15) is 0 Å². The first kappa shape index (κ1) is 12.5. The number of rotatable bonds is 1. The van der Waals surface area contributed by atoms with Crippen LogP contribution in [0.5, 0.6) is 0 Å². The van der Waals surface area contributed by atoms with E-state index in [1.165, 1.54) is 0 Å². The Labute approximate surface area is 100 Å². The van der Waals surface area contributed by atoms with Crippen LogP contribution in [0.1, 0.15) is 30.9 Å². The molecule has 94 valence electrons. The second-order valence-corrected chi connectivity index (χ2v) is 4.73. The van der Waals surface area contributed by atoms with Crippen LogP contribution < -0.4 is 5.73 Å². The Morgan fingerprint density at radius 2 is 2.06 bits per heavy atom. The van der Waals surface area contributed by atoms with Crippen molar-refractivity contribution in [3.63, 3.8) is 0 Å². The van der Waals surface area contributed by atoms with E-state index in [0.29, 0.717) is 5.56 Å². The topological polar surface area (TPSA) is 29.3 Å². The zero-order valence-electron chi connectivity index (χ0n) is 10.00. The van der Waals surface area contributed by atoms with Gasteiger partial charge in [-0.05, 0) is 32.5 Å². The number of hydrogen-bond acceptors (Lipinski definition) is 2. The first-order valence-electron chi connectivity index (χ1n) is 6.01. The molecule has 1 aliphatic heterocycles. The van der Waals surface area contributed by atoms with E-state index in [1.807, 2.05) is 11.9 Å². The molecular weight excluding hydrogens is 222 g/mol. The summed E-state index contributed by atoms with van der Waals surface area (Å²) in [5.74, 6) is -1.56. The quantitative estimate of drug-likeness (QED) is 0.817. The summed E-state index contributed by atoms with van der Waals surface area (Å²) in [6, 6.07) is 3.94. The minimum Gasteiger partial charge on any atom is -0.326 e. The predicted molar refractivity (Wildman–Crippen MR) is 63.6 cm³/mol. The molecule has 2 atom stereocenters. The summed E-state index contributed by atoms with van der Waals surface area (Å²) in [6.45, 7) is 0.869. The molecule has 0 aromatic heterocycles. The summed E-state index contributed by atoms with van der Waals surface area (Å²) < 4.78 is 27.1. The van der Waals surface area contributed by atoms with E-state index in [1.54, 1.807) is 12.1 Å². The van der Waals surface area contributed by atoms with Crippen LogP contribution in [0.4, 0.5) is 8.78 Å². The maximum atomic E-state index is 13.8. The SMILES string of the molecule is CN1CCCCC(N)C1c1cccc(F)c1F. The standard InChI is InChI=1S/C13H18F2N2/c1-17-8-3-2-7-11(16)13(17)9-5-4-6-10(14)12(9)15/h4-6,11,13H,2-3,7-8,16H2,1H3. The number of halogens is 2. The molecule has 1 fully saturated rings. The van der Waals surface area contributed by atoms with Crippen LogP contribution >= 0.6 is 0 Å². The van der Waals surface area contributed by atoms with E-state index >= 15 is 0 Å². The van der Waals surface area contributed by atoms with Gasteiger partial charge in [-0.15, -0.1) is 0 Å². The van der Waals surface area contributed by atoms with E-state index in [4.69, 9.17) is 5.73 Å². The second-order valence-electron chi connectivity index (χ2n) is 4.73. The smallest absolute Gasteiger partial charge is 0.163 e. The number of nitrogens with two attached hydrogens (primary N) is 1. The minimum absolute atomic E-state index is 0.140. The minimum atomic E-state index is -0.799. The molecule has 1 aromatic rings. The largest absolute Gasteiger partial charge is 0.326 e. The van der Waals surface area contributed by atoms with E-state index in [2.05, 4.69) is 0 Å². The molecule has 0 radical (unpaired) electrons. The monoisotopic (exact) mass is 240 g/mol. The molecular formula is C13H18F2N2. The molecule has 2 rings (SSSR count). The molecule has 0 saturated carbocycles. The normalized spacial score (nSPS) is 26.8. The van der Waals surface area contributed by atoms with Gasteiger partial charge in [0.25, 0.3) is 0 Å². The van der Waals surface area contributed by atoms with Crippen LogP contribution in [0.2, 0.25) is 0 Å². The molecule has 0 aliphatic carbocycles. The van der Waals surface area contributed by atoms with Crippen molar-refractivity contribution in [2.45, 2.75) is 31.3 Å². The van der Waals surface area contributed by atoms with E-state index in [-0.39, 0.29) is 12.1 Å². The molecule has 1 aliphatic rings. The van der Waals surface area contributed by atoms with Gasteiger partial charge in [-0.1, -0.05) is 18.6 Å². The van der Waals surface area contributed by atoms with Gasteiger partial charge in [0.05, 0.1) is 6.04 Å². The summed E-state index contributed by atoms with van der Waals surface area (Å²) in [4.78, 5) is 2.02. The van der Waals surface area contributed by atoms with Crippen LogP contribution in [-0.2, 0) is 0 Å². The third kappa shape index (κ3) is 2.48. The Balaban J connectivity index is 2.38. The van der Waals surface area contributed by atoms with Crippen molar-refractivity contribution in [1.82, 2.24) is 4.90 Å². The van der Waals surface area contributed by atoms with Crippen LogP contribution in [0.25, 0.3) is 0 Å². The molecule has 2 unspecified atom stereocenters. The highest BCUT2D eigenvalue weighted by atomic mass is 19.2. The lowest BCUT2D eigenvalue weighted by atomic mass is 9.96. The molecule has 17 heavy (non-hydrogen) atoms. The van der Waals surface area contributed by atoms with Crippen LogP contribution in [0.3, 0.4) is 0 Å². The Hall–Kier alpha value is -1.00. The van der Waals surface area contributed by atoms with Gasteiger partial charge in [-0.25, -0.2) is 8.78 Å². The number of likely N-dealkylation sites (N-methyl/N-ethyl adjacent to an activating group) is 1. The third-order valence-corrected chi connectivity index (χ3v) is 3.48. The average molecular weight is 240 g/mol. The van der Waals surface area contributed by atoms with Gasteiger partial charge in [0.15, 0.2) is 11.6 Å².